The molecule has 0 fully saturated rings. The number of halogens is 4. The summed E-state index contributed by atoms with van der Waals surface area (Å²) >= 11 is 5.90. The Morgan fingerprint density at radius 2 is 2.15 bits per heavy atom. The van der Waals surface area contributed by atoms with Crippen LogP contribution in [0.1, 0.15) is 6.42 Å². The molecule has 0 amide bonds. The van der Waals surface area contributed by atoms with Gasteiger partial charge in [-0.1, -0.05) is 42.0 Å². The van der Waals surface area contributed by atoms with E-state index in [0.717, 1.165) is 5.01 Å². The first-order valence-corrected chi connectivity index (χ1v) is 6.29. The number of nitrogens with zero attached hydrogens (tertiary/aromatic N) is 1. The molecule has 0 aromatic rings. The number of rotatable bonds is 3. The number of hydrogen-bond donors (Lipinski definition) is 1. The minimum atomic E-state index is -4.61. The molecule has 2 rings (SSSR count). The lowest BCUT2D eigenvalue weighted by Gasteiger charge is -2.22. The fraction of sp³-hybridized carbons (Fsp3) is 0.308. The minimum absolute atomic E-state index is 0.339. The van der Waals surface area contributed by atoms with Crippen LogP contribution in [-0.4, -0.2) is 30.1 Å². The highest BCUT2D eigenvalue weighted by atomic mass is 35.5. The van der Waals surface area contributed by atoms with Crippen molar-refractivity contribution in [1.82, 2.24) is 10.4 Å². The van der Waals surface area contributed by atoms with E-state index >= 15 is 0 Å². The van der Waals surface area contributed by atoms with Crippen molar-refractivity contribution in [2.75, 3.05) is 6.54 Å². The van der Waals surface area contributed by atoms with Crippen molar-refractivity contribution >= 4 is 17.9 Å². The Hall–Kier alpha value is -1.53. The van der Waals surface area contributed by atoms with Crippen LogP contribution in [0.5, 0.6) is 0 Å². The maximum absolute atomic E-state index is 13.0. The Kier molecular flexibility index (Phi) is 4.35. The Morgan fingerprint density at radius 3 is 2.80 bits per heavy atom. The van der Waals surface area contributed by atoms with Crippen molar-refractivity contribution in [2.24, 2.45) is 0 Å². The number of carbonyl (C=O) groups is 1. The molecule has 0 saturated heterocycles. The number of nitrogens with one attached hydrogen (secondary N) is 1. The van der Waals surface area contributed by atoms with E-state index in [-0.39, 0.29) is 5.03 Å². The SMILES string of the molecule is O=CCN1NC(C2=CC=CC=CC2)C(Cl)=C1C(F)(F)F. The molecule has 0 saturated carbocycles. The predicted octanol–water partition coefficient (Wildman–Crippen LogP) is 2.83. The standard InChI is InChI=1S/C13H12ClF3N2O/c14-10-11(9-5-3-1-2-4-6-9)18-19(7-8-20)12(10)13(15,16)17/h1-5,8,11,18H,6-7H2. The van der Waals surface area contributed by atoms with Crippen molar-refractivity contribution < 1.29 is 18.0 Å². The first-order chi connectivity index (χ1) is 9.45. The van der Waals surface area contributed by atoms with Crippen molar-refractivity contribution in [2.45, 2.75) is 18.6 Å². The third-order valence-corrected chi connectivity index (χ3v) is 3.35. The van der Waals surface area contributed by atoms with Crippen LogP contribution in [0.25, 0.3) is 0 Å². The second-order valence-electron chi connectivity index (χ2n) is 4.29. The molecule has 1 aliphatic carbocycles. The molecule has 1 heterocycles. The fourth-order valence-electron chi connectivity index (χ4n) is 2.10. The maximum atomic E-state index is 13.0. The molecule has 7 heteroatoms. The Bertz CT molecular complexity index is 520. The third kappa shape index (κ3) is 2.96. The highest BCUT2D eigenvalue weighted by Crippen LogP contribution is 2.39. The molecule has 1 N–H and O–H groups in total. The molecule has 0 aromatic heterocycles. The van der Waals surface area contributed by atoms with Crippen LogP contribution in [0.2, 0.25) is 0 Å². The molecule has 0 bridgehead atoms. The van der Waals surface area contributed by atoms with Gasteiger partial charge in [0, 0.05) is 0 Å². The number of alkyl halides is 3. The summed E-state index contributed by atoms with van der Waals surface area (Å²) in [5.74, 6) is 0. The minimum Gasteiger partial charge on any atom is -0.301 e. The molecular formula is C13H12ClF3N2O. The summed E-state index contributed by atoms with van der Waals surface area (Å²) in [4.78, 5) is 10.5. The lowest BCUT2D eigenvalue weighted by Crippen LogP contribution is -2.41. The van der Waals surface area contributed by atoms with Gasteiger partial charge in [-0.05, 0) is 12.0 Å². The molecule has 108 valence electrons. The predicted molar refractivity (Wildman–Crippen MR) is 69.6 cm³/mol. The van der Waals surface area contributed by atoms with Gasteiger partial charge in [-0.25, -0.2) is 5.43 Å². The number of hydrogen-bond acceptors (Lipinski definition) is 3. The number of hydrazine groups is 1. The van der Waals surface area contributed by atoms with Gasteiger partial charge in [0.2, 0.25) is 0 Å². The topological polar surface area (TPSA) is 32.3 Å². The average Bonchev–Trinajstić information content (AvgIpc) is 2.55. The van der Waals surface area contributed by atoms with Gasteiger partial charge in [-0.3, -0.25) is 5.01 Å². The summed E-state index contributed by atoms with van der Waals surface area (Å²) in [5, 5.41) is 0.411. The third-order valence-electron chi connectivity index (χ3n) is 2.95. The summed E-state index contributed by atoms with van der Waals surface area (Å²) in [6.45, 7) is -0.416. The number of allylic oxidation sites excluding steroid dienone is 6. The van der Waals surface area contributed by atoms with Gasteiger partial charge in [0.15, 0.2) is 5.70 Å². The van der Waals surface area contributed by atoms with Gasteiger partial charge < -0.3 is 4.79 Å². The average molecular weight is 305 g/mol. The van der Waals surface area contributed by atoms with E-state index in [2.05, 4.69) is 5.43 Å². The first-order valence-electron chi connectivity index (χ1n) is 5.91. The van der Waals surface area contributed by atoms with Crippen molar-refractivity contribution in [1.29, 1.82) is 0 Å². The molecule has 0 spiro atoms. The summed E-state index contributed by atoms with van der Waals surface area (Å²) in [7, 11) is 0. The van der Waals surface area contributed by atoms with E-state index in [1.165, 1.54) is 0 Å². The zero-order chi connectivity index (χ0) is 14.8. The molecule has 0 radical (unpaired) electrons. The van der Waals surface area contributed by atoms with Crippen LogP contribution in [0.15, 0.2) is 46.7 Å². The van der Waals surface area contributed by atoms with Gasteiger partial charge in [0.25, 0.3) is 0 Å². The maximum Gasteiger partial charge on any atom is 0.433 e. The number of carbonyl (C=O) groups excluding carboxylic acids is 1. The van der Waals surface area contributed by atoms with Crippen LogP contribution >= 0.6 is 11.6 Å². The monoisotopic (exact) mass is 304 g/mol. The van der Waals surface area contributed by atoms with E-state index in [4.69, 9.17) is 11.6 Å². The Morgan fingerprint density at radius 1 is 1.40 bits per heavy atom. The Labute approximate surface area is 119 Å². The second-order valence-corrected chi connectivity index (χ2v) is 4.70. The quantitative estimate of drug-likeness (QED) is 0.814. The lowest BCUT2D eigenvalue weighted by molar-refractivity contribution is -0.119. The van der Waals surface area contributed by atoms with E-state index < -0.39 is 24.5 Å². The normalized spacial score (nSPS) is 23.1. The van der Waals surface area contributed by atoms with Crippen molar-refractivity contribution in [3.05, 3.63) is 46.7 Å². The highest BCUT2D eigenvalue weighted by Gasteiger charge is 2.46. The summed E-state index contributed by atoms with van der Waals surface area (Å²) < 4.78 is 39.1. The highest BCUT2D eigenvalue weighted by molar-refractivity contribution is 6.31. The largest absolute Gasteiger partial charge is 0.433 e. The van der Waals surface area contributed by atoms with Gasteiger partial charge >= 0.3 is 6.18 Å². The van der Waals surface area contributed by atoms with E-state index in [1.54, 1.807) is 18.2 Å². The second kappa shape index (κ2) is 5.85. The van der Waals surface area contributed by atoms with Crippen LogP contribution < -0.4 is 5.43 Å². The smallest absolute Gasteiger partial charge is 0.301 e. The van der Waals surface area contributed by atoms with Gasteiger partial charge in [0.1, 0.15) is 6.29 Å². The first kappa shape index (κ1) is 14.9. The van der Waals surface area contributed by atoms with Gasteiger partial charge in [0.05, 0.1) is 17.6 Å². The van der Waals surface area contributed by atoms with Gasteiger partial charge in [-0.2, -0.15) is 13.2 Å². The van der Waals surface area contributed by atoms with Gasteiger partial charge in [-0.15, -0.1) is 0 Å². The molecule has 0 aromatic carbocycles. The summed E-state index contributed by atoms with van der Waals surface area (Å²) in [6, 6.07) is -0.763. The van der Waals surface area contributed by atoms with Crippen LogP contribution in [-0.2, 0) is 4.79 Å². The van der Waals surface area contributed by atoms with Crippen LogP contribution in [0.3, 0.4) is 0 Å². The van der Waals surface area contributed by atoms with E-state index in [1.807, 2.05) is 12.2 Å². The Balaban J connectivity index is 2.35. The molecule has 1 atom stereocenters. The fourth-order valence-corrected chi connectivity index (χ4v) is 2.50. The van der Waals surface area contributed by atoms with Crippen LogP contribution in [0.4, 0.5) is 13.2 Å². The lowest BCUT2D eigenvalue weighted by atomic mass is 10.0. The molecule has 1 unspecified atom stereocenters. The summed E-state index contributed by atoms with van der Waals surface area (Å²) in [5.41, 5.74) is 2.33. The summed E-state index contributed by atoms with van der Waals surface area (Å²) in [6.07, 6.45) is 5.15. The number of aldehydes is 1. The van der Waals surface area contributed by atoms with Crippen molar-refractivity contribution in [3.63, 3.8) is 0 Å². The van der Waals surface area contributed by atoms with Crippen LogP contribution in [0, 0.1) is 0 Å². The van der Waals surface area contributed by atoms with Crippen molar-refractivity contribution in [3.8, 4) is 0 Å². The zero-order valence-corrected chi connectivity index (χ0v) is 11.1. The molecular weight excluding hydrogens is 293 g/mol. The molecule has 3 nitrogen and oxygen atoms in total. The molecule has 2 aliphatic rings. The molecule has 1 aliphatic heterocycles. The van der Waals surface area contributed by atoms with E-state index in [9.17, 15) is 18.0 Å². The van der Waals surface area contributed by atoms with E-state index in [0.29, 0.717) is 18.3 Å². The zero-order valence-electron chi connectivity index (χ0n) is 10.3. The molecule has 20 heavy (non-hydrogen) atoms.